The molecule has 1 aromatic rings. The molecule has 0 aromatic heterocycles. The molecule has 0 aliphatic heterocycles. The fourth-order valence-corrected chi connectivity index (χ4v) is 3.41. The summed E-state index contributed by atoms with van der Waals surface area (Å²) in [5, 5.41) is 25.6. The van der Waals surface area contributed by atoms with Crippen molar-refractivity contribution in [3.63, 3.8) is 0 Å². The van der Waals surface area contributed by atoms with Gasteiger partial charge in [0, 0.05) is 12.8 Å². The van der Waals surface area contributed by atoms with Gasteiger partial charge in [-0.25, -0.2) is 4.79 Å². The van der Waals surface area contributed by atoms with Crippen LogP contribution in [-0.4, -0.2) is 76.0 Å². The van der Waals surface area contributed by atoms with E-state index >= 15 is 0 Å². The van der Waals surface area contributed by atoms with Crippen molar-refractivity contribution in [2.24, 2.45) is 5.73 Å². The van der Waals surface area contributed by atoms with E-state index in [0.29, 0.717) is 17.7 Å². The van der Waals surface area contributed by atoms with Crippen molar-refractivity contribution < 1.29 is 34.2 Å². The van der Waals surface area contributed by atoms with Crippen molar-refractivity contribution in [2.45, 2.75) is 56.8 Å². The van der Waals surface area contributed by atoms with E-state index in [1.807, 2.05) is 6.26 Å². The Morgan fingerprint density at radius 1 is 0.912 bits per heavy atom. The SMILES string of the molecule is CSCCC(N)C(=O)NC(CCC(=O)O)C(=O)NC(C)C(=O)NC(Cc1ccccc1)C(=O)O. The molecule has 0 aliphatic rings. The Morgan fingerprint density at radius 2 is 1.53 bits per heavy atom. The summed E-state index contributed by atoms with van der Waals surface area (Å²) in [5.41, 5.74) is 6.52. The number of carboxylic acids is 2. The van der Waals surface area contributed by atoms with Gasteiger partial charge in [0.25, 0.3) is 0 Å². The number of thioether (sulfide) groups is 1. The maximum Gasteiger partial charge on any atom is 0.326 e. The van der Waals surface area contributed by atoms with Crippen molar-refractivity contribution in [1.82, 2.24) is 16.0 Å². The number of carbonyl (C=O) groups is 5. The van der Waals surface area contributed by atoms with Crippen LogP contribution in [0.1, 0.15) is 31.7 Å². The lowest BCUT2D eigenvalue weighted by atomic mass is 10.1. The van der Waals surface area contributed by atoms with Crippen LogP contribution in [0.2, 0.25) is 0 Å². The number of rotatable bonds is 15. The molecular weight excluding hydrogens is 464 g/mol. The van der Waals surface area contributed by atoms with Crippen LogP contribution >= 0.6 is 11.8 Å². The molecular formula is C22H32N4O7S. The Labute approximate surface area is 202 Å². The standard InChI is InChI=1S/C22H32N4O7S/c1-13(19(29)26-17(22(32)33)12-14-6-4-3-5-7-14)24-21(31)16(8-9-18(27)28)25-20(30)15(23)10-11-34-2/h3-7,13,15-17H,8-12,23H2,1-2H3,(H,24,31)(H,25,30)(H,26,29)(H,27,28)(H,32,33). The quantitative estimate of drug-likeness (QED) is 0.190. The van der Waals surface area contributed by atoms with E-state index in [9.17, 15) is 29.1 Å². The van der Waals surface area contributed by atoms with Gasteiger partial charge in [-0.1, -0.05) is 30.3 Å². The molecule has 7 N–H and O–H groups in total. The fourth-order valence-electron chi connectivity index (χ4n) is 2.92. The minimum Gasteiger partial charge on any atom is -0.481 e. The first-order chi connectivity index (χ1) is 16.0. The van der Waals surface area contributed by atoms with E-state index in [-0.39, 0.29) is 12.8 Å². The highest BCUT2D eigenvalue weighted by Crippen LogP contribution is 2.05. The van der Waals surface area contributed by atoms with Gasteiger partial charge in [-0.3, -0.25) is 19.2 Å². The number of nitrogens with two attached hydrogens (primary N) is 1. The average Bonchev–Trinajstić information content (AvgIpc) is 2.79. The number of carboxylic acid groups (broad SMARTS) is 2. The predicted octanol–water partition coefficient (Wildman–Crippen LogP) is -0.267. The molecule has 0 fully saturated rings. The number of hydrogen-bond donors (Lipinski definition) is 6. The Bertz CT molecular complexity index is 853. The smallest absolute Gasteiger partial charge is 0.326 e. The predicted molar refractivity (Wildman–Crippen MR) is 127 cm³/mol. The van der Waals surface area contributed by atoms with E-state index in [4.69, 9.17) is 10.8 Å². The number of benzene rings is 1. The first-order valence-corrected chi connectivity index (χ1v) is 12.1. The van der Waals surface area contributed by atoms with Crippen molar-refractivity contribution >= 4 is 41.4 Å². The summed E-state index contributed by atoms with van der Waals surface area (Å²) in [6, 6.07) is 4.28. The van der Waals surface area contributed by atoms with Crippen molar-refractivity contribution in [1.29, 1.82) is 0 Å². The largest absolute Gasteiger partial charge is 0.481 e. The molecule has 0 aliphatic carbocycles. The van der Waals surface area contributed by atoms with E-state index in [2.05, 4.69) is 16.0 Å². The zero-order valence-corrected chi connectivity index (χ0v) is 20.0. The van der Waals surface area contributed by atoms with E-state index < -0.39 is 60.2 Å². The monoisotopic (exact) mass is 496 g/mol. The summed E-state index contributed by atoms with van der Waals surface area (Å²) in [4.78, 5) is 60.1. The van der Waals surface area contributed by atoms with Crippen LogP contribution in [0.3, 0.4) is 0 Å². The van der Waals surface area contributed by atoms with Gasteiger partial charge in [0.05, 0.1) is 6.04 Å². The molecule has 4 unspecified atom stereocenters. The van der Waals surface area contributed by atoms with Gasteiger partial charge >= 0.3 is 11.9 Å². The van der Waals surface area contributed by atoms with E-state index in [1.54, 1.807) is 30.3 Å². The summed E-state index contributed by atoms with van der Waals surface area (Å²) >= 11 is 1.50. The van der Waals surface area contributed by atoms with E-state index in [0.717, 1.165) is 0 Å². The summed E-state index contributed by atoms with van der Waals surface area (Å²) in [6.07, 6.45) is 1.68. The minimum atomic E-state index is -1.23. The highest BCUT2D eigenvalue weighted by atomic mass is 32.2. The second-order valence-electron chi connectivity index (χ2n) is 7.70. The van der Waals surface area contributed by atoms with Gasteiger partial charge in [-0.2, -0.15) is 11.8 Å². The number of hydrogen-bond acceptors (Lipinski definition) is 7. The third-order valence-electron chi connectivity index (χ3n) is 4.90. The van der Waals surface area contributed by atoms with Crippen LogP contribution in [0.15, 0.2) is 30.3 Å². The Morgan fingerprint density at radius 3 is 2.09 bits per heavy atom. The highest BCUT2D eigenvalue weighted by molar-refractivity contribution is 7.98. The molecule has 4 atom stereocenters. The van der Waals surface area contributed by atoms with Crippen molar-refractivity contribution in [3.05, 3.63) is 35.9 Å². The number of amides is 3. The molecule has 1 aromatic carbocycles. The number of carbonyl (C=O) groups excluding carboxylic acids is 3. The summed E-state index contributed by atoms with van der Waals surface area (Å²) < 4.78 is 0. The molecule has 12 heteroatoms. The second kappa shape index (κ2) is 14.9. The molecule has 0 saturated heterocycles. The zero-order chi connectivity index (χ0) is 25.7. The first kappa shape index (κ1) is 28.9. The summed E-state index contributed by atoms with van der Waals surface area (Å²) in [5.74, 6) is -3.88. The van der Waals surface area contributed by atoms with Gasteiger partial charge < -0.3 is 31.9 Å². The Hall–Kier alpha value is -3.12. The van der Waals surface area contributed by atoms with Crippen molar-refractivity contribution in [2.75, 3.05) is 12.0 Å². The fraction of sp³-hybridized carbons (Fsp3) is 0.500. The van der Waals surface area contributed by atoms with Crippen LogP contribution in [-0.2, 0) is 30.4 Å². The van der Waals surface area contributed by atoms with Crippen LogP contribution in [0, 0.1) is 0 Å². The van der Waals surface area contributed by atoms with Crippen LogP contribution in [0.4, 0.5) is 0 Å². The third kappa shape index (κ3) is 10.7. The molecule has 0 radical (unpaired) electrons. The molecule has 0 heterocycles. The van der Waals surface area contributed by atoms with Gasteiger partial charge in [0.2, 0.25) is 17.7 Å². The normalized spacial score (nSPS) is 14.2. The second-order valence-corrected chi connectivity index (χ2v) is 8.69. The molecule has 0 bridgehead atoms. The maximum absolute atomic E-state index is 12.7. The molecule has 0 saturated carbocycles. The molecule has 11 nitrogen and oxygen atoms in total. The molecule has 1 rings (SSSR count). The van der Waals surface area contributed by atoms with Crippen LogP contribution in [0.25, 0.3) is 0 Å². The van der Waals surface area contributed by atoms with Crippen LogP contribution in [0.5, 0.6) is 0 Å². The average molecular weight is 497 g/mol. The summed E-state index contributed by atoms with van der Waals surface area (Å²) in [7, 11) is 0. The van der Waals surface area contributed by atoms with Gasteiger partial charge in [-0.05, 0) is 37.3 Å². The third-order valence-corrected chi connectivity index (χ3v) is 5.54. The van der Waals surface area contributed by atoms with Gasteiger partial charge in [-0.15, -0.1) is 0 Å². The van der Waals surface area contributed by atoms with Crippen molar-refractivity contribution in [3.8, 4) is 0 Å². The van der Waals surface area contributed by atoms with Crippen LogP contribution < -0.4 is 21.7 Å². The lowest BCUT2D eigenvalue weighted by Gasteiger charge is -2.23. The number of nitrogens with one attached hydrogen (secondary N) is 3. The Kier molecular flexibility index (Phi) is 12.7. The molecule has 0 spiro atoms. The lowest BCUT2D eigenvalue weighted by molar-refractivity contribution is -0.142. The molecule has 188 valence electrons. The van der Waals surface area contributed by atoms with Gasteiger partial charge in [0.1, 0.15) is 18.1 Å². The topological polar surface area (TPSA) is 188 Å². The highest BCUT2D eigenvalue weighted by Gasteiger charge is 2.28. The Balaban J connectivity index is 2.78. The number of aliphatic carboxylic acids is 2. The molecule has 34 heavy (non-hydrogen) atoms. The zero-order valence-electron chi connectivity index (χ0n) is 19.2. The maximum atomic E-state index is 12.7. The van der Waals surface area contributed by atoms with E-state index in [1.165, 1.54) is 18.7 Å². The lowest BCUT2D eigenvalue weighted by Crippen LogP contribution is -2.56. The molecule has 3 amide bonds. The minimum absolute atomic E-state index is 0.0494. The first-order valence-electron chi connectivity index (χ1n) is 10.7. The van der Waals surface area contributed by atoms with Gasteiger partial charge in [0.15, 0.2) is 0 Å². The summed E-state index contributed by atoms with van der Waals surface area (Å²) in [6.45, 7) is 1.36.